The summed E-state index contributed by atoms with van der Waals surface area (Å²) in [7, 11) is 2.16. The first-order valence-electron chi connectivity index (χ1n) is 5.14. The Morgan fingerprint density at radius 1 is 1.43 bits per heavy atom. The zero-order valence-corrected chi connectivity index (χ0v) is 9.60. The van der Waals surface area contributed by atoms with E-state index in [1.165, 1.54) is 42.2 Å². The molecule has 4 heteroatoms. The van der Waals surface area contributed by atoms with Gasteiger partial charge in [0.05, 0.1) is 0 Å². The summed E-state index contributed by atoms with van der Waals surface area (Å²) in [5.41, 5.74) is 6.89. The van der Waals surface area contributed by atoms with Crippen molar-refractivity contribution < 1.29 is 0 Å². The van der Waals surface area contributed by atoms with Gasteiger partial charge in [-0.3, -0.25) is 0 Å². The van der Waals surface area contributed by atoms with Crippen LogP contribution in [0.25, 0.3) is 0 Å². The van der Waals surface area contributed by atoms with E-state index in [2.05, 4.69) is 23.2 Å². The second-order valence-corrected chi connectivity index (χ2v) is 4.80. The zero-order chi connectivity index (χ0) is 10.1. The molecular weight excluding hydrogens is 194 g/mol. The van der Waals surface area contributed by atoms with Crippen molar-refractivity contribution in [1.82, 2.24) is 4.37 Å². The van der Waals surface area contributed by atoms with Gasteiger partial charge in [0, 0.05) is 18.7 Å². The molecule has 1 aromatic rings. The average molecular weight is 211 g/mol. The van der Waals surface area contributed by atoms with Crippen molar-refractivity contribution in [2.45, 2.75) is 38.6 Å². The van der Waals surface area contributed by atoms with Gasteiger partial charge in [-0.15, -0.1) is 0 Å². The number of nitrogen functional groups attached to an aromatic ring is 1. The molecule has 0 radical (unpaired) electrons. The van der Waals surface area contributed by atoms with Crippen LogP contribution in [0.5, 0.6) is 0 Å². The molecule has 0 aromatic carbocycles. The highest BCUT2D eigenvalue weighted by atomic mass is 32.1. The third-order valence-electron chi connectivity index (χ3n) is 3.13. The Bertz CT molecular complexity index is 315. The Kier molecular flexibility index (Phi) is 2.63. The molecule has 1 aliphatic carbocycles. The van der Waals surface area contributed by atoms with Crippen molar-refractivity contribution in [2.75, 3.05) is 17.7 Å². The molecule has 14 heavy (non-hydrogen) atoms. The van der Waals surface area contributed by atoms with Crippen molar-refractivity contribution in [1.29, 1.82) is 0 Å². The lowest BCUT2D eigenvalue weighted by molar-refractivity contribution is 0.656. The largest absolute Gasteiger partial charge is 0.383 e. The minimum absolute atomic E-state index is 0.690. The van der Waals surface area contributed by atoms with Crippen LogP contribution >= 0.6 is 11.5 Å². The SMILES string of the molecule is Cc1c(N)nsc1N(C)C1CCCC1. The summed E-state index contributed by atoms with van der Waals surface area (Å²) in [5.74, 6) is 0.690. The molecule has 3 nitrogen and oxygen atoms in total. The molecule has 0 saturated heterocycles. The molecule has 0 bridgehead atoms. The van der Waals surface area contributed by atoms with E-state index < -0.39 is 0 Å². The summed E-state index contributed by atoms with van der Waals surface area (Å²) < 4.78 is 4.19. The maximum atomic E-state index is 5.75. The fourth-order valence-electron chi connectivity index (χ4n) is 2.13. The normalized spacial score (nSPS) is 17.6. The summed E-state index contributed by atoms with van der Waals surface area (Å²) in [6.07, 6.45) is 5.35. The van der Waals surface area contributed by atoms with Crippen molar-refractivity contribution in [3.63, 3.8) is 0 Å². The maximum absolute atomic E-state index is 5.75. The first-order chi connectivity index (χ1) is 6.70. The molecule has 1 aliphatic rings. The van der Waals surface area contributed by atoms with E-state index in [4.69, 9.17) is 5.73 Å². The third kappa shape index (κ3) is 1.59. The number of rotatable bonds is 2. The molecule has 2 rings (SSSR count). The van der Waals surface area contributed by atoms with Gasteiger partial charge in [-0.2, -0.15) is 4.37 Å². The highest BCUT2D eigenvalue weighted by Crippen LogP contribution is 2.33. The predicted octanol–water partition coefficient (Wildman–Crippen LogP) is 2.41. The topological polar surface area (TPSA) is 42.1 Å². The van der Waals surface area contributed by atoms with Crippen LogP contribution in [-0.4, -0.2) is 17.5 Å². The molecule has 2 N–H and O–H groups in total. The first kappa shape index (κ1) is 9.77. The molecule has 1 saturated carbocycles. The minimum atomic E-state index is 0.690. The quantitative estimate of drug-likeness (QED) is 0.817. The lowest BCUT2D eigenvalue weighted by Crippen LogP contribution is -2.28. The predicted molar refractivity (Wildman–Crippen MR) is 61.9 cm³/mol. The lowest BCUT2D eigenvalue weighted by atomic mass is 10.2. The molecule has 0 aliphatic heterocycles. The Balaban J connectivity index is 2.17. The zero-order valence-electron chi connectivity index (χ0n) is 8.79. The maximum Gasteiger partial charge on any atom is 0.142 e. The van der Waals surface area contributed by atoms with Crippen LogP contribution in [0.2, 0.25) is 0 Å². The van der Waals surface area contributed by atoms with Crippen LogP contribution in [0.4, 0.5) is 10.8 Å². The Morgan fingerprint density at radius 2 is 2.07 bits per heavy atom. The van der Waals surface area contributed by atoms with E-state index in [1.54, 1.807) is 0 Å². The summed E-state index contributed by atoms with van der Waals surface area (Å²) in [6, 6.07) is 0.702. The number of hydrogen-bond donors (Lipinski definition) is 1. The van der Waals surface area contributed by atoms with E-state index in [0.717, 1.165) is 5.56 Å². The van der Waals surface area contributed by atoms with E-state index in [-0.39, 0.29) is 0 Å². The second-order valence-electron chi connectivity index (χ2n) is 4.05. The van der Waals surface area contributed by atoms with Gasteiger partial charge >= 0.3 is 0 Å². The molecule has 78 valence electrons. The van der Waals surface area contributed by atoms with Crippen LogP contribution in [0.3, 0.4) is 0 Å². The van der Waals surface area contributed by atoms with Crippen LogP contribution in [-0.2, 0) is 0 Å². The summed E-state index contributed by atoms with van der Waals surface area (Å²) in [5, 5.41) is 1.24. The molecule has 0 spiro atoms. The van der Waals surface area contributed by atoms with Crippen LogP contribution in [0.1, 0.15) is 31.2 Å². The number of nitrogens with zero attached hydrogens (tertiary/aromatic N) is 2. The molecule has 1 heterocycles. The van der Waals surface area contributed by atoms with Crippen molar-refractivity contribution in [3.05, 3.63) is 5.56 Å². The highest BCUT2D eigenvalue weighted by molar-refractivity contribution is 7.10. The molecule has 0 atom stereocenters. The Morgan fingerprint density at radius 3 is 2.57 bits per heavy atom. The summed E-state index contributed by atoms with van der Waals surface area (Å²) in [6.45, 7) is 2.06. The van der Waals surface area contributed by atoms with Crippen molar-refractivity contribution in [3.8, 4) is 0 Å². The molecule has 0 amide bonds. The number of aromatic nitrogens is 1. The first-order valence-corrected chi connectivity index (χ1v) is 5.92. The standard InChI is InChI=1S/C10H17N3S/c1-7-9(11)12-14-10(7)13(2)8-5-3-4-6-8/h8H,3-6H2,1-2H3,(H2,11,12). The smallest absolute Gasteiger partial charge is 0.142 e. The lowest BCUT2D eigenvalue weighted by Gasteiger charge is -2.25. The van der Waals surface area contributed by atoms with Gasteiger partial charge in [0.1, 0.15) is 10.8 Å². The average Bonchev–Trinajstić information content (AvgIpc) is 2.77. The van der Waals surface area contributed by atoms with Gasteiger partial charge in [0.2, 0.25) is 0 Å². The van der Waals surface area contributed by atoms with E-state index in [9.17, 15) is 0 Å². The van der Waals surface area contributed by atoms with Crippen LogP contribution < -0.4 is 10.6 Å². The monoisotopic (exact) mass is 211 g/mol. The van der Waals surface area contributed by atoms with Gasteiger partial charge in [-0.1, -0.05) is 12.8 Å². The Labute approximate surface area is 89.1 Å². The van der Waals surface area contributed by atoms with Crippen molar-refractivity contribution >= 4 is 22.4 Å². The third-order valence-corrected chi connectivity index (χ3v) is 4.18. The van der Waals surface area contributed by atoms with E-state index in [0.29, 0.717) is 11.9 Å². The fourth-order valence-corrected chi connectivity index (χ4v) is 2.97. The van der Waals surface area contributed by atoms with E-state index in [1.807, 2.05) is 0 Å². The number of nitrogens with two attached hydrogens (primary N) is 1. The molecular formula is C10H17N3S. The number of anilines is 2. The Hall–Kier alpha value is -0.770. The van der Waals surface area contributed by atoms with Gasteiger partial charge < -0.3 is 10.6 Å². The van der Waals surface area contributed by atoms with Gasteiger partial charge in [0.25, 0.3) is 0 Å². The highest BCUT2D eigenvalue weighted by Gasteiger charge is 2.22. The van der Waals surface area contributed by atoms with Gasteiger partial charge in [-0.05, 0) is 31.3 Å². The summed E-state index contributed by atoms with van der Waals surface area (Å²) >= 11 is 1.52. The van der Waals surface area contributed by atoms with Crippen molar-refractivity contribution in [2.24, 2.45) is 0 Å². The van der Waals surface area contributed by atoms with Crippen LogP contribution in [0.15, 0.2) is 0 Å². The fraction of sp³-hybridized carbons (Fsp3) is 0.700. The number of hydrogen-bond acceptors (Lipinski definition) is 4. The second kappa shape index (κ2) is 3.77. The molecule has 1 aromatic heterocycles. The van der Waals surface area contributed by atoms with Gasteiger partial charge in [-0.25, -0.2) is 0 Å². The summed E-state index contributed by atoms with van der Waals surface area (Å²) in [4.78, 5) is 2.36. The van der Waals surface area contributed by atoms with E-state index >= 15 is 0 Å². The van der Waals surface area contributed by atoms with Gasteiger partial charge in [0.15, 0.2) is 0 Å². The minimum Gasteiger partial charge on any atom is -0.383 e. The van der Waals surface area contributed by atoms with Crippen LogP contribution in [0, 0.1) is 6.92 Å². The molecule has 0 unspecified atom stereocenters. The molecule has 1 fully saturated rings.